The number of hydrogen-bond acceptors (Lipinski definition) is 6. The summed E-state index contributed by atoms with van der Waals surface area (Å²) in [5.74, 6) is 3.08. The van der Waals surface area contributed by atoms with Gasteiger partial charge in [0, 0.05) is 44.3 Å². The molecule has 0 radical (unpaired) electrons. The first-order valence-corrected chi connectivity index (χ1v) is 8.90. The number of aromatic nitrogens is 5. The van der Waals surface area contributed by atoms with Crippen molar-refractivity contribution in [3.8, 4) is 0 Å². The molecule has 1 aliphatic carbocycles. The van der Waals surface area contributed by atoms with Crippen LogP contribution in [-0.4, -0.2) is 44.5 Å². The van der Waals surface area contributed by atoms with Crippen LogP contribution in [0.15, 0.2) is 10.9 Å². The summed E-state index contributed by atoms with van der Waals surface area (Å²) in [6, 6.07) is 1.98. The second-order valence-corrected chi connectivity index (χ2v) is 6.89. The highest BCUT2D eigenvalue weighted by Gasteiger charge is 2.38. The number of rotatable bonds is 5. The molecule has 0 spiro atoms. The predicted molar refractivity (Wildman–Crippen MR) is 92.8 cm³/mol. The Kier molecular flexibility index (Phi) is 4.07. The Morgan fingerprint density at radius 2 is 2.16 bits per heavy atom. The first kappa shape index (κ1) is 16.3. The van der Waals surface area contributed by atoms with E-state index >= 15 is 0 Å². The van der Waals surface area contributed by atoms with Crippen LogP contribution in [0.5, 0.6) is 0 Å². The van der Waals surface area contributed by atoms with Gasteiger partial charge in [-0.2, -0.15) is 5.10 Å². The minimum absolute atomic E-state index is 0.0368. The van der Waals surface area contributed by atoms with Crippen molar-refractivity contribution in [1.29, 1.82) is 0 Å². The van der Waals surface area contributed by atoms with Crippen LogP contribution in [0, 0.1) is 6.92 Å². The van der Waals surface area contributed by atoms with Gasteiger partial charge in [-0.3, -0.25) is 4.57 Å². The fourth-order valence-electron chi connectivity index (χ4n) is 3.60. The fourth-order valence-corrected chi connectivity index (χ4v) is 3.60. The summed E-state index contributed by atoms with van der Waals surface area (Å²) >= 11 is 0. The van der Waals surface area contributed by atoms with Crippen LogP contribution in [0.1, 0.15) is 55.5 Å². The summed E-state index contributed by atoms with van der Waals surface area (Å²) in [7, 11) is 1.73. The van der Waals surface area contributed by atoms with Crippen LogP contribution in [0.4, 0.5) is 5.82 Å². The van der Waals surface area contributed by atoms with Crippen molar-refractivity contribution >= 4 is 5.82 Å². The van der Waals surface area contributed by atoms with Gasteiger partial charge in [0.1, 0.15) is 11.6 Å². The highest BCUT2D eigenvalue weighted by atomic mass is 16.5. The maximum absolute atomic E-state index is 12.0. The fraction of sp³-hybridized carbons (Fsp3) is 0.647. The third kappa shape index (κ3) is 2.95. The Balaban J connectivity index is 1.74. The van der Waals surface area contributed by atoms with E-state index in [1.807, 2.05) is 19.9 Å². The third-order valence-electron chi connectivity index (χ3n) is 5.09. The molecular formula is C17H24N6O2. The molecule has 8 nitrogen and oxygen atoms in total. The van der Waals surface area contributed by atoms with Crippen LogP contribution in [0.25, 0.3) is 0 Å². The normalized spacial score (nSPS) is 23.4. The maximum Gasteiger partial charge on any atom is 0.343 e. The molecule has 0 aromatic carbocycles. The van der Waals surface area contributed by atoms with Gasteiger partial charge in [-0.1, -0.05) is 0 Å². The number of anilines is 1. The highest BCUT2D eigenvalue weighted by Crippen LogP contribution is 2.40. The Bertz CT molecular complexity index is 825. The van der Waals surface area contributed by atoms with E-state index in [1.165, 1.54) is 12.8 Å². The van der Waals surface area contributed by atoms with E-state index in [1.54, 1.807) is 11.7 Å². The molecule has 1 aliphatic heterocycles. The van der Waals surface area contributed by atoms with Crippen LogP contribution < -0.4 is 10.6 Å². The average molecular weight is 344 g/mol. The minimum atomic E-state index is -0.171. The quantitative estimate of drug-likeness (QED) is 0.885. The number of methoxy groups -OCH3 is 1. The second-order valence-electron chi connectivity index (χ2n) is 6.89. The first-order valence-electron chi connectivity index (χ1n) is 8.90. The smallest absolute Gasteiger partial charge is 0.343 e. The van der Waals surface area contributed by atoms with Gasteiger partial charge < -0.3 is 9.64 Å². The zero-order chi connectivity index (χ0) is 17.6. The molecule has 0 bridgehead atoms. The van der Waals surface area contributed by atoms with Crippen molar-refractivity contribution in [3.63, 3.8) is 0 Å². The van der Waals surface area contributed by atoms with E-state index in [2.05, 4.69) is 20.1 Å². The summed E-state index contributed by atoms with van der Waals surface area (Å²) in [5.41, 5.74) is 0.803. The van der Waals surface area contributed by atoms with E-state index in [0.29, 0.717) is 12.5 Å². The summed E-state index contributed by atoms with van der Waals surface area (Å²) in [6.07, 6.45) is 3.20. The summed E-state index contributed by atoms with van der Waals surface area (Å²) < 4.78 is 7.29. The number of nitrogens with zero attached hydrogens (tertiary/aromatic N) is 5. The molecule has 8 heteroatoms. The second kappa shape index (κ2) is 6.25. The SMILES string of the molecule is CCn1c([C@@H]2C[C@H](OC)CN2c2cc(C)nc(C3CC3)n2)n[nH]c1=O. The molecule has 1 saturated heterocycles. The van der Waals surface area contributed by atoms with Crippen LogP contribution in [-0.2, 0) is 11.3 Å². The largest absolute Gasteiger partial charge is 0.380 e. The van der Waals surface area contributed by atoms with Crippen molar-refractivity contribution in [2.45, 2.75) is 57.7 Å². The number of hydrogen-bond donors (Lipinski definition) is 1. The van der Waals surface area contributed by atoms with Gasteiger partial charge in [-0.15, -0.1) is 0 Å². The zero-order valence-electron chi connectivity index (χ0n) is 14.9. The summed E-state index contributed by atoms with van der Waals surface area (Å²) in [4.78, 5) is 23.6. The van der Waals surface area contributed by atoms with Crippen molar-refractivity contribution in [2.24, 2.45) is 0 Å². The average Bonchev–Trinajstić information content (AvgIpc) is 3.26. The number of nitrogens with one attached hydrogen (secondary N) is 1. The number of aryl methyl sites for hydroxylation is 1. The van der Waals surface area contributed by atoms with Crippen LogP contribution in [0.2, 0.25) is 0 Å². The summed E-state index contributed by atoms with van der Waals surface area (Å²) in [6.45, 7) is 5.27. The van der Waals surface area contributed by atoms with Gasteiger partial charge in [0.25, 0.3) is 0 Å². The lowest BCUT2D eigenvalue weighted by molar-refractivity contribution is 0.118. The molecule has 0 amide bonds. The molecule has 0 unspecified atom stereocenters. The standard InChI is InChI=1S/C17H24N6O2/c1-4-22-16(20-21-17(22)24)13-8-12(25-3)9-23(13)14-7-10(2)18-15(19-14)11-5-6-11/h7,11-13H,4-6,8-9H2,1-3H3,(H,21,24)/t12-,13-/m0/s1. The molecule has 2 aliphatic rings. The Morgan fingerprint density at radius 1 is 1.36 bits per heavy atom. The van der Waals surface area contributed by atoms with E-state index in [4.69, 9.17) is 9.72 Å². The van der Waals surface area contributed by atoms with Crippen molar-refractivity contribution < 1.29 is 4.74 Å². The molecule has 2 aromatic rings. The summed E-state index contributed by atoms with van der Waals surface area (Å²) in [5, 5.41) is 6.87. The molecule has 2 atom stereocenters. The van der Waals surface area contributed by atoms with Gasteiger partial charge in [0.05, 0.1) is 12.1 Å². The lowest BCUT2D eigenvalue weighted by Crippen LogP contribution is -2.29. The molecule has 25 heavy (non-hydrogen) atoms. The maximum atomic E-state index is 12.0. The van der Waals surface area contributed by atoms with Crippen molar-refractivity contribution in [3.05, 3.63) is 33.9 Å². The van der Waals surface area contributed by atoms with E-state index in [0.717, 1.165) is 36.1 Å². The van der Waals surface area contributed by atoms with Gasteiger partial charge in [-0.05, 0) is 26.7 Å². The molecular weight excluding hydrogens is 320 g/mol. The number of ether oxygens (including phenoxy) is 1. The molecule has 2 aromatic heterocycles. The minimum Gasteiger partial charge on any atom is -0.380 e. The monoisotopic (exact) mass is 344 g/mol. The van der Waals surface area contributed by atoms with E-state index in [-0.39, 0.29) is 17.8 Å². The van der Waals surface area contributed by atoms with Crippen LogP contribution >= 0.6 is 0 Å². The highest BCUT2D eigenvalue weighted by molar-refractivity contribution is 5.44. The third-order valence-corrected chi connectivity index (χ3v) is 5.09. The Hall–Kier alpha value is -2.22. The van der Waals surface area contributed by atoms with Gasteiger partial charge in [0.15, 0.2) is 5.82 Å². The molecule has 4 rings (SSSR count). The van der Waals surface area contributed by atoms with Crippen molar-refractivity contribution in [2.75, 3.05) is 18.6 Å². The van der Waals surface area contributed by atoms with E-state index in [9.17, 15) is 4.79 Å². The first-order chi connectivity index (χ1) is 12.1. The zero-order valence-corrected chi connectivity index (χ0v) is 14.9. The van der Waals surface area contributed by atoms with Crippen LogP contribution in [0.3, 0.4) is 0 Å². The van der Waals surface area contributed by atoms with Gasteiger partial charge >= 0.3 is 5.69 Å². The lowest BCUT2D eigenvalue weighted by Gasteiger charge is -2.25. The molecule has 3 heterocycles. The molecule has 2 fully saturated rings. The van der Waals surface area contributed by atoms with Gasteiger partial charge in [0.2, 0.25) is 0 Å². The number of H-pyrrole nitrogens is 1. The molecule has 1 N–H and O–H groups in total. The van der Waals surface area contributed by atoms with Gasteiger partial charge in [-0.25, -0.2) is 19.9 Å². The topological polar surface area (TPSA) is 88.9 Å². The van der Waals surface area contributed by atoms with E-state index < -0.39 is 0 Å². The Morgan fingerprint density at radius 3 is 2.84 bits per heavy atom. The van der Waals surface area contributed by atoms with Crippen molar-refractivity contribution in [1.82, 2.24) is 24.7 Å². The predicted octanol–water partition coefficient (Wildman–Crippen LogP) is 1.53. The molecule has 134 valence electrons. The number of aromatic amines is 1. The lowest BCUT2D eigenvalue weighted by atomic mass is 10.2. The Labute approximate surface area is 146 Å². The molecule has 1 saturated carbocycles.